The molecule has 9 heteroatoms. The Labute approximate surface area is 139 Å². The monoisotopic (exact) mass is 358 g/mol. The largest absolute Gasteiger partial charge is 0.492 e. The maximum absolute atomic E-state index is 11.4. The Morgan fingerprint density at radius 3 is 2.29 bits per heavy atom. The second-order valence-electron chi connectivity index (χ2n) is 3.37. The molecule has 0 spiro atoms. The van der Waals surface area contributed by atoms with Crippen molar-refractivity contribution < 1.29 is 19.1 Å². The van der Waals surface area contributed by atoms with E-state index < -0.39 is 5.97 Å². The summed E-state index contributed by atoms with van der Waals surface area (Å²) >= 11 is 10.6. The van der Waals surface area contributed by atoms with E-state index >= 15 is 0 Å². The van der Waals surface area contributed by atoms with Crippen LogP contribution in [0.4, 0.5) is 5.69 Å². The molecule has 0 aliphatic carbocycles. The minimum Gasteiger partial charge on any atom is -0.492 e. The quantitative estimate of drug-likeness (QED) is 0.372. The number of hydrogen-bond acceptors (Lipinski definition) is 6. The Bertz CT molecular complexity index is 480. The van der Waals surface area contributed by atoms with Crippen molar-refractivity contribution in [2.75, 3.05) is 19.1 Å². The molecule has 1 rings (SSSR count). The van der Waals surface area contributed by atoms with Gasteiger partial charge in [-0.3, -0.25) is 10.6 Å². The van der Waals surface area contributed by atoms with Gasteiger partial charge in [0.15, 0.2) is 0 Å². The topological polar surface area (TPSA) is 90.7 Å². The van der Waals surface area contributed by atoms with Crippen LogP contribution in [0.15, 0.2) is 12.1 Å². The zero-order valence-electron chi connectivity index (χ0n) is 11.7. The Kier molecular flexibility index (Phi) is 12.0. The lowest BCUT2D eigenvalue weighted by molar-refractivity contribution is -0.109. The van der Waals surface area contributed by atoms with Crippen molar-refractivity contribution in [2.45, 2.75) is 13.8 Å². The average molecular weight is 360 g/mol. The van der Waals surface area contributed by atoms with Crippen LogP contribution in [0.1, 0.15) is 24.2 Å². The molecule has 0 amide bonds. The van der Waals surface area contributed by atoms with Crippen molar-refractivity contribution in [1.29, 1.82) is 0 Å². The van der Waals surface area contributed by atoms with Crippen LogP contribution >= 0.6 is 35.6 Å². The number of nitrogens with one attached hydrogen (secondary N) is 1. The second-order valence-corrected chi connectivity index (χ2v) is 4.31. The van der Waals surface area contributed by atoms with Gasteiger partial charge in [-0.15, -0.1) is 12.4 Å². The van der Waals surface area contributed by atoms with Crippen molar-refractivity contribution in [3.8, 4) is 5.75 Å². The highest BCUT2D eigenvalue weighted by molar-refractivity contribution is 6.62. The number of anilines is 1. The van der Waals surface area contributed by atoms with Gasteiger partial charge in [0.1, 0.15) is 5.75 Å². The summed E-state index contributed by atoms with van der Waals surface area (Å²) in [7, 11) is 1.28. The van der Waals surface area contributed by atoms with Gasteiger partial charge in [-0.25, -0.2) is 4.79 Å². The number of halogens is 3. The summed E-state index contributed by atoms with van der Waals surface area (Å²) in [5.74, 6) is 5.28. The minimum absolute atomic E-state index is 0. The number of carbonyl (C=O) groups is 2. The van der Waals surface area contributed by atoms with Gasteiger partial charge in [-0.1, -0.05) is 11.6 Å². The molecule has 0 fully saturated rings. The van der Waals surface area contributed by atoms with Crippen molar-refractivity contribution in [3.05, 3.63) is 22.7 Å². The van der Waals surface area contributed by atoms with Crippen molar-refractivity contribution >= 4 is 52.5 Å². The van der Waals surface area contributed by atoms with Crippen LogP contribution in [0.2, 0.25) is 5.02 Å². The van der Waals surface area contributed by atoms with E-state index in [1.54, 1.807) is 0 Å². The summed E-state index contributed by atoms with van der Waals surface area (Å²) < 4.78 is 9.88. The minimum atomic E-state index is -0.524. The van der Waals surface area contributed by atoms with Gasteiger partial charge in [-0.2, -0.15) is 0 Å². The third kappa shape index (κ3) is 7.96. The lowest BCUT2D eigenvalue weighted by Crippen LogP contribution is -2.11. The fourth-order valence-electron chi connectivity index (χ4n) is 1.21. The molecule has 0 atom stereocenters. The molecule has 0 heterocycles. The molecular weight excluding hydrogens is 343 g/mol. The van der Waals surface area contributed by atoms with Crippen LogP contribution in [0.25, 0.3) is 0 Å². The maximum Gasteiger partial charge on any atom is 0.339 e. The molecule has 0 aliphatic heterocycles. The molecule has 3 N–H and O–H groups in total. The van der Waals surface area contributed by atoms with Crippen molar-refractivity contribution in [2.24, 2.45) is 5.84 Å². The van der Waals surface area contributed by atoms with Crippen molar-refractivity contribution in [3.63, 3.8) is 0 Å². The first-order chi connectivity index (χ1) is 9.37. The van der Waals surface area contributed by atoms with Gasteiger partial charge >= 0.3 is 5.97 Å². The van der Waals surface area contributed by atoms with Gasteiger partial charge < -0.3 is 14.9 Å². The van der Waals surface area contributed by atoms with Gasteiger partial charge in [-0.05, 0) is 24.6 Å². The number of nitrogens with two attached hydrogens (primary N) is 1. The molecular formula is C12H17Cl3N2O4. The van der Waals surface area contributed by atoms with Gasteiger partial charge in [0.2, 0.25) is 5.24 Å². The molecule has 1 aromatic carbocycles. The molecule has 0 saturated heterocycles. The Hall–Kier alpha value is -1.21. The summed E-state index contributed by atoms with van der Waals surface area (Å²) in [6.45, 7) is 3.60. The van der Waals surface area contributed by atoms with E-state index in [-0.39, 0.29) is 28.2 Å². The Morgan fingerprint density at radius 2 is 1.90 bits per heavy atom. The molecule has 0 aliphatic rings. The number of rotatable bonds is 4. The Morgan fingerprint density at radius 1 is 1.38 bits per heavy atom. The first kappa shape index (κ1) is 22.1. The summed E-state index contributed by atoms with van der Waals surface area (Å²) in [6.07, 6.45) is 0. The number of hydrazine groups is 1. The molecule has 6 nitrogen and oxygen atoms in total. The normalized spacial score (nSPS) is 8.67. The second kappa shape index (κ2) is 11.4. The first-order valence-corrected chi connectivity index (χ1v) is 6.30. The highest BCUT2D eigenvalue weighted by Gasteiger charge is 2.15. The number of methoxy groups -OCH3 is 1. The lowest BCUT2D eigenvalue weighted by atomic mass is 10.2. The maximum atomic E-state index is 11.4. The molecule has 120 valence electrons. The number of esters is 1. The smallest absolute Gasteiger partial charge is 0.339 e. The summed E-state index contributed by atoms with van der Waals surface area (Å²) in [6, 6.07) is 3.01. The van der Waals surface area contributed by atoms with Crippen LogP contribution < -0.4 is 16.0 Å². The zero-order valence-corrected chi connectivity index (χ0v) is 14.1. The van der Waals surface area contributed by atoms with Crippen LogP contribution in [0, 0.1) is 0 Å². The fraction of sp³-hybridized carbons (Fsp3) is 0.333. The highest BCUT2D eigenvalue weighted by atomic mass is 35.5. The van der Waals surface area contributed by atoms with Crippen LogP contribution in [-0.2, 0) is 9.53 Å². The molecule has 0 radical (unpaired) electrons. The predicted octanol–water partition coefficient (Wildman–Crippen LogP) is 3.00. The molecule has 0 bridgehead atoms. The van der Waals surface area contributed by atoms with E-state index in [1.807, 2.05) is 6.92 Å². The van der Waals surface area contributed by atoms with E-state index in [2.05, 4.69) is 21.8 Å². The number of ether oxygens (including phenoxy) is 2. The number of hydrogen-bond donors (Lipinski definition) is 2. The van der Waals surface area contributed by atoms with Gasteiger partial charge in [0, 0.05) is 13.0 Å². The molecule has 0 aromatic heterocycles. The van der Waals surface area contributed by atoms with Crippen LogP contribution in [0.3, 0.4) is 0 Å². The number of benzene rings is 1. The van der Waals surface area contributed by atoms with Crippen molar-refractivity contribution in [1.82, 2.24) is 0 Å². The third-order valence-electron chi connectivity index (χ3n) is 1.93. The molecule has 0 unspecified atom stereocenters. The molecule has 21 heavy (non-hydrogen) atoms. The zero-order chi connectivity index (χ0) is 15.7. The van der Waals surface area contributed by atoms with Gasteiger partial charge in [0.25, 0.3) is 0 Å². The van der Waals surface area contributed by atoms with E-state index in [0.717, 1.165) is 0 Å². The summed E-state index contributed by atoms with van der Waals surface area (Å²) in [5.41, 5.74) is 3.15. The Balaban J connectivity index is 0. The van der Waals surface area contributed by atoms with Gasteiger partial charge in [0.05, 0.1) is 30.0 Å². The standard InChI is InChI=1S/C10H13ClN2O3.C2H3ClO.ClH/c1-3-16-9-5-7(11)6(10(14)15-2)4-8(9)13-12;1-2(3)4;/h4-5,13H,3,12H2,1-2H3;1H3;1H. The van der Waals surface area contributed by atoms with Crippen LogP contribution in [0.5, 0.6) is 5.75 Å². The lowest BCUT2D eigenvalue weighted by Gasteiger charge is -2.12. The SMILES string of the molecule is CC(=O)Cl.CCOc1cc(Cl)c(C(=O)OC)cc1NN.Cl. The predicted molar refractivity (Wildman–Crippen MR) is 85.6 cm³/mol. The summed E-state index contributed by atoms with van der Waals surface area (Å²) in [5, 5.41) is -0.102. The molecule has 0 saturated carbocycles. The first-order valence-electron chi connectivity index (χ1n) is 5.54. The van der Waals surface area contributed by atoms with E-state index in [0.29, 0.717) is 18.0 Å². The third-order valence-corrected chi connectivity index (χ3v) is 2.24. The highest BCUT2D eigenvalue weighted by Crippen LogP contribution is 2.31. The van der Waals surface area contributed by atoms with E-state index in [9.17, 15) is 9.59 Å². The average Bonchev–Trinajstić information content (AvgIpc) is 2.38. The molecule has 1 aromatic rings. The van der Waals surface area contributed by atoms with Crippen LogP contribution in [-0.4, -0.2) is 24.9 Å². The summed E-state index contributed by atoms with van der Waals surface area (Å²) in [4.78, 5) is 20.6. The van der Waals surface area contributed by atoms with E-state index in [1.165, 1.54) is 26.2 Å². The van der Waals surface area contributed by atoms with E-state index in [4.69, 9.17) is 22.2 Å². The fourth-order valence-corrected chi connectivity index (χ4v) is 1.44. The number of carbonyl (C=O) groups excluding carboxylic acids is 2. The number of nitrogen functional groups attached to an aromatic ring is 1.